The standard InChI is InChI=1S/C35H47N5O3.C16H29N3O2.C8H16.CH2O/c1-6-7-12-40-32-11-8-25(31-21-43-23-37-31)17-28(32)30(19-35(3,4)22-41)34(40)29-18-27(20-36-33(29)24(2)42-5)39-15-13-38(14-16-39)26-9-10-26;1-3-14(20)16(18-17-2)7-13(8-16)5-4-6-19-9-15(10-19)11-21-12-15;1-8(2)6-4-3-5-7-8;1-2/h8,11,17-18,20-21,23-24,26,41H,6-7,9-10,12-16,19,22H2,1-5H3;13,17-18H,3-12H2,1-2H3;3-7H2,1-2H3;1H2. The topological polar surface area (TPSA) is 150 Å². The van der Waals surface area contributed by atoms with Crippen molar-refractivity contribution in [1.82, 2.24) is 35.2 Å². The van der Waals surface area contributed by atoms with Gasteiger partial charge in [0.15, 0.2) is 12.2 Å². The van der Waals surface area contributed by atoms with Crippen LogP contribution in [-0.2, 0) is 32.0 Å². The number of aliphatic hydroxyl groups is 1. The molecular formula is C60H94N8O6. The number of hydrazine groups is 1. The van der Waals surface area contributed by atoms with Crippen LogP contribution < -0.4 is 15.8 Å². The van der Waals surface area contributed by atoms with Gasteiger partial charge < -0.3 is 38.2 Å². The van der Waals surface area contributed by atoms with E-state index in [4.69, 9.17) is 23.7 Å². The monoisotopic (exact) mass is 1020 g/mol. The number of anilines is 1. The highest BCUT2D eigenvalue weighted by Gasteiger charge is 2.50. The zero-order valence-corrected chi connectivity index (χ0v) is 47.0. The van der Waals surface area contributed by atoms with Gasteiger partial charge in [0.05, 0.1) is 48.1 Å². The zero-order valence-electron chi connectivity index (χ0n) is 47.0. The minimum Gasteiger partial charge on any atom is -0.451 e. The predicted molar refractivity (Wildman–Crippen MR) is 298 cm³/mol. The second-order valence-electron chi connectivity index (χ2n) is 24.3. The van der Waals surface area contributed by atoms with Gasteiger partial charge in [0.25, 0.3) is 0 Å². The van der Waals surface area contributed by atoms with Crippen LogP contribution in [0.1, 0.15) is 156 Å². The number of benzene rings is 1. The Bertz CT molecular complexity index is 2360. The SMILES string of the molecule is C=O.CC1(C)CCCCC1.CCC(=O)C1(NNC)CC(CCCN2CC3(COC3)C2)C1.CCCCn1c(-c2cc(N3CCN(C4CC4)CC3)cnc2C(C)OC)c(CC(C)(C)CO)c2cc(-c3cocn3)ccc21. The number of nitrogens with one attached hydrogen (secondary N) is 2. The van der Waals surface area contributed by atoms with Gasteiger partial charge >= 0.3 is 0 Å². The molecule has 0 radical (unpaired) electrons. The van der Waals surface area contributed by atoms with Gasteiger partial charge in [-0.2, -0.15) is 0 Å². The summed E-state index contributed by atoms with van der Waals surface area (Å²) in [6.45, 7) is 28.2. The fraction of sp³-hybridized carbons (Fsp3) is 0.700. The molecule has 14 nitrogen and oxygen atoms in total. The molecule has 1 spiro atoms. The summed E-state index contributed by atoms with van der Waals surface area (Å²) in [6, 6.07) is 9.77. The van der Waals surface area contributed by atoms with Crippen LogP contribution >= 0.6 is 0 Å². The van der Waals surface area contributed by atoms with E-state index in [0.29, 0.717) is 29.0 Å². The molecule has 1 unspecified atom stereocenters. The number of aryl methyl sites for hydroxylation is 1. The second kappa shape index (κ2) is 25.9. The molecule has 3 N–H and O–H groups in total. The number of likely N-dealkylation sites (tertiary alicyclic amines) is 1. The Morgan fingerprint density at radius 3 is 2.26 bits per heavy atom. The molecule has 3 saturated heterocycles. The third kappa shape index (κ3) is 13.9. The largest absolute Gasteiger partial charge is 0.451 e. The van der Waals surface area contributed by atoms with Crippen molar-refractivity contribution in [2.75, 3.05) is 84.7 Å². The van der Waals surface area contributed by atoms with Crippen LogP contribution in [0.4, 0.5) is 5.69 Å². The first-order chi connectivity index (χ1) is 35.6. The molecule has 1 atom stereocenters. The van der Waals surface area contributed by atoms with E-state index in [-0.39, 0.29) is 23.7 Å². The van der Waals surface area contributed by atoms with Crippen LogP contribution in [0.2, 0.25) is 0 Å². The number of fused-ring (bicyclic) bond motifs is 1. The average molecular weight is 1020 g/mol. The number of oxazole rings is 1. The number of unbranched alkanes of at least 4 members (excludes halogenated alkanes) is 1. The number of hydrogen-bond donors (Lipinski definition) is 3. The van der Waals surface area contributed by atoms with Crippen molar-refractivity contribution in [3.8, 4) is 22.5 Å². The van der Waals surface area contributed by atoms with E-state index in [1.807, 2.05) is 27.0 Å². The number of carbonyl (C=O) groups excluding carboxylic acids is 2. The van der Waals surface area contributed by atoms with Gasteiger partial charge in [-0.15, -0.1) is 0 Å². The van der Waals surface area contributed by atoms with Gasteiger partial charge in [-0.25, -0.2) is 10.4 Å². The van der Waals surface area contributed by atoms with E-state index in [1.54, 1.807) is 13.4 Å². The minimum atomic E-state index is -0.306. The molecule has 14 heteroatoms. The molecule has 0 amide bonds. The summed E-state index contributed by atoms with van der Waals surface area (Å²) in [6.07, 6.45) is 23.1. The summed E-state index contributed by atoms with van der Waals surface area (Å²) in [5.74, 6) is 1.06. The van der Waals surface area contributed by atoms with Crippen molar-refractivity contribution >= 4 is 29.2 Å². The number of ketones is 1. The first kappa shape index (κ1) is 57.7. The third-order valence-corrected chi connectivity index (χ3v) is 17.1. The maximum Gasteiger partial charge on any atom is 0.181 e. The van der Waals surface area contributed by atoms with Gasteiger partial charge in [-0.1, -0.05) is 73.3 Å². The van der Waals surface area contributed by atoms with Gasteiger partial charge in [0, 0.05) is 99.4 Å². The van der Waals surface area contributed by atoms with E-state index in [0.717, 1.165) is 107 Å². The number of hydrogen-bond acceptors (Lipinski definition) is 13. The molecule has 0 bridgehead atoms. The van der Waals surface area contributed by atoms with Gasteiger partial charge in [-0.05, 0) is 125 Å². The number of carbonyl (C=O) groups is 2. The summed E-state index contributed by atoms with van der Waals surface area (Å²) < 4.78 is 19.0. The zero-order chi connectivity index (χ0) is 53.1. The van der Waals surface area contributed by atoms with Crippen LogP contribution in [0.25, 0.3) is 33.4 Å². The Balaban J connectivity index is 0.000000212. The van der Waals surface area contributed by atoms with Crippen molar-refractivity contribution in [2.45, 2.75) is 169 Å². The number of aliphatic hydroxyl groups excluding tert-OH is 1. The molecule has 1 aromatic carbocycles. The van der Waals surface area contributed by atoms with Gasteiger partial charge in [0.1, 0.15) is 18.7 Å². The summed E-state index contributed by atoms with van der Waals surface area (Å²) >= 11 is 0. The number of pyridine rings is 1. The number of aromatic nitrogens is 3. The van der Waals surface area contributed by atoms with E-state index < -0.39 is 0 Å². The Morgan fingerprint density at radius 1 is 0.986 bits per heavy atom. The normalized spacial score (nSPS) is 22.7. The van der Waals surface area contributed by atoms with Crippen molar-refractivity contribution < 1.29 is 28.6 Å². The van der Waals surface area contributed by atoms with Crippen molar-refractivity contribution in [1.29, 1.82) is 0 Å². The molecule has 3 aromatic heterocycles. The maximum atomic E-state index is 12.1. The summed E-state index contributed by atoms with van der Waals surface area (Å²) in [4.78, 5) is 37.3. The van der Waals surface area contributed by atoms with Crippen LogP contribution in [0.5, 0.6) is 0 Å². The molecule has 410 valence electrons. The summed E-state index contributed by atoms with van der Waals surface area (Å²) in [5.41, 5.74) is 15.5. The lowest BCUT2D eigenvalue weighted by molar-refractivity contribution is -0.189. The molecule has 6 fully saturated rings. The highest BCUT2D eigenvalue weighted by molar-refractivity contribution is 5.95. The fourth-order valence-corrected chi connectivity index (χ4v) is 12.4. The summed E-state index contributed by atoms with van der Waals surface area (Å²) in [7, 11) is 3.61. The first-order valence-electron chi connectivity index (χ1n) is 28.4. The van der Waals surface area contributed by atoms with Crippen LogP contribution in [0, 0.1) is 22.2 Å². The number of piperazine rings is 1. The average Bonchev–Trinajstić information content (AvgIpc) is 4.00. The lowest BCUT2D eigenvalue weighted by Crippen LogP contribution is -2.66. The number of ether oxygens (including phenoxy) is 2. The Kier molecular flexibility index (Phi) is 20.2. The van der Waals surface area contributed by atoms with Gasteiger partial charge in [0.2, 0.25) is 0 Å². The summed E-state index contributed by atoms with van der Waals surface area (Å²) in [5, 5.41) is 11.6. The van der Waals surface area contributed by atoms with Gasteiger partial charge in [-0.3, -0.25) is 20.1 Å². The number of nitrogens with zero attached hydrogens (tertiary/aromatic N) is 6. The molecule has 3 saturated carbocycles. The van der Waals surface area contributed by atoms with Crippen LogP contribution in [-0.4, -0.2) is 133 Å². The Labute approximate surface area is 444 Å². The van der Waals surface area contributed by atoms with Crippen molar-refractivity contribution in [3.63, 3.8) is 0 Å². The van der Waals surface area contributed by atoms with Crippen molar-refractivity contribution in [2.24, 2.45) is 22.2 Å². The molecular weight excluding hydrogens is 929 g/mol. The van der Waals surface area contributed by atoms with Crippen LogP contribution in [0.15, 0.2) is 47.5 Å². The predicted octanol–water partition coefficient (Wildman–Crippen LogP) is 10.5. The number of methoxy groups -OCH3 is 1. The minimum absolute atomic E-state index is 0.0991. The van der Waals surface area contributed by atoms with E-state index in [9.17, 15) is 9.90 Å². The number of Topliss-reactive ketones (excluding diaryl/α,β-unsaturated/α-hetero) is 1. The highest BCUT2D eigenvalue weighted by atomic mass is 16.5. The van der Waals surface area contributed by atoms with Crippen LogP contribution in [0.3, 0.4) is 0 Å². The lowest BCUT2D eigenvalue weighted by Gasteiger charge is -2.55. The molecule has 3 aliphatic carbocycles. The molecule has 3 aliphatic heterocycles. The molecule has 6 heterocycles. The Morgan fingerprint density at radius 2 is 1.70 bits per heavy atom. The molecule has 74 heavy (non-hydrogen) atoms. The fourth-order valence-electron chi connectivity index (χ4n) is 12.4. The number of rotatable bonds is 20. The third-order valence-electron chi connectivity index (χ3n) is 17.1. The molecule has 4 aromatic rings. The first-order valence-corrected chi connectivity index (χ1v) is 28.4. The maximum absolute atomic E-state index is 12.1. The molecule has 10 rings (SSSR count). The lowest BCUT2D eigenvalue weighted by atomic mass is 9.64. The smallest absolute Gasteiger partial charge is 0.181 e. The quantitative estimate of drug-likeness (QED) is 0.0722. The van der Waals surface area contributed by atoms with E-state index >= 15 is 0 Å². The van der Waals surface area contributed by atoms with Crippen molar-refractivity contribution in [3.05, 3.63) is 54.4 Å². The highest BCUT2D eigenvalue weighted by Crippen LogP contribution is 2.45. The Hall–Kier alpha value is -4.02. The van der Waals surface area contributed by atoms with E-state index in [2.05, 4.69) is 101 Å². The molecule has 6 aliphatic rings. The van der Waals surface area contributed by atoms with E-state index in [1.165, 1.54) is 112 Å². The second-order valence-corrected chi connectivity index (χ2v) is 24.3.